The Labute approximate surface area is 170 Å². The number of carbonyl (C=O) groups is 2. The Kier molecular flexibility index (Phi) is 5.89. The van der Waals surface area contributed by atoms with Crippen LogP contribution < -0.4 is 10.1 Å². The second-order valence-electron chi connectivity index (χ2n) is 5.66. The normalized spacial score (nSPS) is 12.5. The first-order valence-corrected chi connectivity index (χ1v) is 8.89. The Morgan fingerprint density at radius 3 is 2.85 bits per heavy atom. The third kappa shape index (κ3) is 4.53. The van der Waals surface area contributed by atoms with Gasteiger partial charge in [-0.15, -0.1) is 0 Å². The van der Waals surface area contributed by atoms with Crippen LogP contribution in [-0.2, 0) is 14.3 Å². The van der Waals surface area contributed by atoms with E-state index in [1.807, 2.05) is 0 Å². The summed E-state index contributed by atoms with van der Waals surface area (Å²) >= 11 is 17.9. The van der Waals surface area contributed by atoms with Crippen molar-refractivity contribution < 1.29 is 19.1 Å². The lowest BCUT2D eigenvalue weighted by atomic mass is 10.1. The van der Waals surface area contributed by atoms with E-state index in [0.29, 0.717) is 26.9 Å². The molecule has 0 unspecified atom stereocenters. The average molecular weight is 428 g/mol. The molecule has 140 valence electrons. The van der Waals surface area contributed by atoms with E-state index in [1.165, 1.54) is 6.20 Å². The molecule has 1 aromatic heterocycles. The molecule has 0 atom stereocenters. The van der Waals surface area contributed by atoms with E-state index in [1.54, 1.807) is 31.2 Å². The van der Waals surface area contributed by atoms with Crippen LogP contribution in [0.2, 0.25) is 15.1 Å². The predicted molar refractivity (Wildman–Crippen MR) is 104 cm³/mol. The number of hydrogen-bond donors (Lipinski definition) is 1. The van der Waals surface area contributed by atoms with Crippen molar-refractivity contribution in [2.24, 2.45) is 0 Å². The summed E-state index contributed by atoms with van der Waals surface area (Å²) in [6.07, 6.45) is 2.99. The molecule has 1 amide bonds. The smallest absolute Gasteiger partial charge is 0.338 e. The van der Waals surface area contributed by atoms with Crippen molar-refractivity contribution >= 4 is 58.6 Å². The second-order valence-corrected chi connectivity index (χ2v) is 6.88. The number of nitrogens with zero attached hydrogens (tertiary/aromatic N) is 1. The quantitative estimate of drug-likeness (QED) is 0.736. The van der Waals surface area contributed by atoms with Crippen LogP contribution in [0.4, 0.5) is 5.82 Å². The summed E-state index contributed by atoms with van der Waals surface area (Å²) in [5.41, 5.74) is 1.52. The molecular weight excluding hydrogens is 415 g/mol. The highest BCUT2D eigenvalue weighted by Gasteiger charge is 2.20. The monoisotopic (exact) mass is 426 g/mol. The summed E-state index contributed by atoms with van der Waals surface area (Å²) in [6, 6.07) is 5.08. The molecule has 3 rings (SSSR count). The Hall–Kier alpha value is -2.28. The minimum atomic E-state index is -0.665. The van der Waals surface area contributed by atoms with Crippen LogP contribution in [0.1, 0.15) is 11.1 Å². The molecule has 2 heterocycles. The molecule has 9 heteroatoms. The summed E-state index contributed by atoms with van der Waals surface area (Å²) in [5.74, 6) is -0.488. The largest absolute Gasteiger partial charge is 0.488 e. The Morgan fingerprint density at radius 1 is 1.30 bits per heavy atom. The third-order valence-corrected chi connectivity index (χ3v) is 4.82. The standard InChI is InChI=1S/C18H13Cl3N2O4/c1-9-13(20)6-22-17(16(9)21)23-15(24)8-27-18(25)11-4-10-5-12(19)2-3-14(10)26-7-11/h2-6H,7-8H2,1H3,(H,22,23,24). The first kappa shape index (κ1) is 19.5. The average Bonchev–Trinajstić information content (AvgIpc) is 2.66. The SMILES string of the molecule is Cc1c(Cl)cnc(NC(=O)COC(=O)C2=Cc3cc(Cl)ccc3OC2)c1Cl. The Morgan fingerprint density at radius 2 is 2.07 bits per heavy atom. The van der Waals surface area contributed by atoms with Crippen molar-refractivity contribution in [3.8, 4) is 5.75 Å². The number of fused-ring (bicyclic) bond motifs is 1. The van der Waals surface area contributed by atoms with Gasteiger partial charge in [-0.05, 0) is 36.8 Å². The molecule has 0 aliphatic carbocycles. The maximum Gasteiger partial charge on any atom is 0.338 e. The molecule has 1 aliphatic heterocycles. The van der Waals surface area contributed by atoms with Gasteiger partial charge in [-0.1, -0.05) is 34.8 Å². The van der Waals surface area contributed by atoms with Crippen LogP contribution in [0, 0.1) is 6.92 Å². The lowest BCUT2D eigenvalue weighted by molar-refractivity contribution is -0.143. The highest BCUT2D eigenvalue weighted by atomic mass is 35.5. The van der Waals surface area contributed by atoms with E-state index in [0.717, 1.165) is 0 Å². The summed E-state index contributed by atoms with van der Waals surface area (Å²) in [5, 5.41) is 3.60. The fourth-order valence-corrected chi connectivity index (χ4v) is 2.87. The number of aromatic nitrogens is 1. The van der Waals surface area contributed by atoms with Crippen molar-refractivity contribution in [1.29, 1.82) is 0 Å². The number of nitrogens with one attached hydrogen (secondary N) is 1. The summed E-state index contributed by atoms with van der Waals surface area (Å²) in [4.78, 5) is 28.1. The Bertz CT molecular complexity index is 960. The van der Waals surface area contributed by atoms with E-state index in [2.05, 4.69) is 10.3 Å². The van der Waals surface area contributed by atoms with Gasteiger partial charge in [-0.3, -0.25) is 4.79 Å². The number of benzene rings is 1. The van der Waals surface area contributed by atoms with Crippen LogP contribution >= 0.6 is 34.8 Å². The van der Waals surface area contributed by atoms with Crippen LogP contribution in [0.15, 0.2) is 30.0 Å². The number of amides is 1. The Balaban J connectivity index is 1.61. The molecule has 2 aromatic rings. The zero-order chi connectivity index (χ0) is 19.6. The predicted octanol–water partition coefficient (Wildman–Crippen LogP) is 4.31. The van der Waals surface area contributed by atoms with Gasteiger partial charge >= 0.3 is 5.97 Å². The topological polar surface area (TPSA) is 77.5 Å². The first-order valence-electron chi connectivity index (χ1n) is 7.75. The van der Waals surface area contributed by atoms with Crippen LogP contribution in [-0.4, -0.2) is 30.1 Å². The van der Waals surface area contributed by atoms with Crippen molar-refractivity contribution in [3.63, 3.8) is 0 Å². The number of esters is 1. The number of ether oxygens (including phenoxy) is 2. The maximum atomic E-state index is 12.2. The van der Waals surface area contributed by atoms with Gasteiger partial charge in [0, 0.05) is 16.8 Å². The van der Waals surface area contributed by atoms with E-state index in [9.17, 15) is 9.59 Å². The molecular formula is C18H13Cl3N2O4. The van der Waals surface area contributed by atoms with Gasteiger partial charge in [-0.2, -0.15) is 0 Å². The highest BCUT2D eigenvalue weighted by Crippen LogP contribution is 2.30. The molecule has 0 saturated carbocycles. The van der Waals surface area contributed by atoms with Crippen molar-refractivity contribution in [2.75, 3.05) is 18.5 Å². The van der Waals surface area contributed by atoms with Crippen molar-refractivity contribution in [2.45, 2.75) is 6.92 Å². The maximum absolute atomic E-state index is 12.2. The fourth-order valence-electron chi connectivity index (χ4n) is 2.30. The van der Waals surface area contributed by atoms with Crippen molar-refractivity contribution in [3.05, 3.63) is 56.2 Å². The summed E-state index contributed by atoms with van der Waals surface area (Å²) in [7, 11) is 0. The number of hydrogen-bond acceptors (Lipinski definition) is 5. The van der Waals surface area contributed by atoms with Crippen LogP contribution in [0.5, 0.6) is 5.75 Å². The van der Waals surface area contributed by atoms with Gasteiger partial charge in [0.25, 0.3) is 5.91 Å². The highest BCUT2D eigenvalue weighted by molar-refractivity contribution is 6.37. The number of carbonyl (C=O) groups excluding carboxylic acids is 2. The lowest BCUT2D eigenvalue weighted by Crippen LogP contribution is -2.24. The zero-order valence-electron chi connectivity index (χ0n) is 14.0. The van der Waals surface area contributed by atoms with E-state index >= 15 is 0 Å². The van der Waals surface area contributed by atoms with E-state index < -0.39 is 18.5 Å². The van der Waals surface area contributed by atoms with Gasteiger partial charge in [0.1, 0.15) is 12.4 Å². The molecule has 0 radical (unpaired) electrons. The fraction of sp³-hybridized carbons (Fsp3) is 0.167. The molecule has 6 nitrogen and oxygen atoms in total. The number of halogens is 3. The summed E-state index contributed by atoms with van der Waals surface area (Å²) in [6.45, 7) is 1.23. The van der Waals surface area contributed by atoms with E-state index in [-0.39, 0.29) is 23.0 Å². The van der Waals surface area contributed by atoms with Crippen LogP contribution in [0.25, 0.3) is 6.08 Å². The molecule has 27 heavy (non-hydrogen) atoms. The molecule has 1 aromatic carbocycles. The van der Waals surface area contributed by atoms with Gasteiger partial charge in [0.05, 0.1) is 15.6 Å². The van der Waals surface area contributed by atoms with Gasteiger partial charge in [0.2, 0.25) is 0 Å². The minimum Gasteiger partial charge on any atom is -0.488 e. The summed E-state index contributed by atoms with van der Waals surface area (Å²) < 4.78 is 10.5. The van der Waals surface area contributed by atoms with E-state index in [4.69, 9.17) is 44.3 Å². The zero-order valence-corrected chi connectivity index (χ0v) is 16.3. The van der Waals surface area contributed by atoms with Gasteiger partial charge < -0.3 is 14.8 Å². The molecule has 1 aliphatic rings. The second kappa shape index (κ2) is 8.17. The van der Waals surface area contributed by atoms with Gasteiger partial charge in [-0.25, -0.2) is 9.78 Å². The van der Waals surface area contributed by atoms with Crippen molar-refractivity contribution in [1.82, 2.24) is 4.98 Å². The molecule has 0 fully saturated rings. The van der Waals surface area contributed by atoms with Gasteiger partial charge in [0.15, 0.2) is 12.4 Å². The molecule has 0 spiro atoms. The number of rotatable bonds is 4. The third-order valence-electron chi connectivity index (χ3n) is 3.74. The number of pyridine rings is 1. The first-order chi connectivity index (χ1) is 12.8. The molecule has 1 N–H and O–H groups in total. The number of anilines is 1. The molecule has 0 bridgehead atoms. The van der Waals surface area contributed by atoms with Crippen LogP contribution in [0.3, 0.4) is 0 Å². The molecule has 0 saturated heterocycles. The lowest BCUT2D eigenvalue weighted by Gasteiger charge is -2.17. The minimum absolute atomic E-state index is 0.0405.